The van der Waals surface area contributed by atoms with Crippen molar-refractivity contribution in [3.63, 3.8) is 0 Å². The number of rotatable bonds is 6. The number of nitrogens with zero attached hydrogens (tertiary/aromatic N) is 3. The molecule has 1 N–H and O–H groups in total. The minimum absolute atomic E-state index is 0.0154. The van der Waals surface area contributed by atoms with Gasteiger partial charge in [-0.2, -0.15) is 0 Å². The highest BCUT2D eigenvalue weighted by molar-refractivity contribution is 5.97. The van der Waals surface area contributed by atoms with Crippen molar-refractivity contribution >= 4 is 18.0 Å². The molecule has 2 amide bonds. The molecule has 1 unspecified atom stereocenters. The molecule has 4 rings (SSSR count). The van der Waals surface area contributed by atoms with Crippen LogP contribution in [0.3, 0.4) is 0 Å². The second-order valence-electron chi connectivity index (χ2n) is 10.8. The first kappa shape index (κ1) is 30.4. The molecule has 0 spiro atoms. The van der Waals surface area contributed by atoms with Crippen LogP contribution in [0, 0.1) is 12.7 Å². The average molecular weight is 581 g/mol. The molecular formula is C30H33FN4O7. The zero-order valence-electron chi connectivity index (χ0n) is 24.1. The van der Waals surface area contributed by atoms with Gasteiger partial charge in [-0.05, 0) is 57.0 Å². The lowest BCUT2D eigenvalue weighted by molar-refractivity contribution is -0.0360. The van der Waals surface area contributed by atoms with Gasteiger partial charge in [-0.1, -0.05) is 30.3 Å². The van der Waals surface area contributed by atoms with Crippen molar-refractivity contribution in [1.29, 1.82) is 0 Å². The molecule has 1 saturated heterocycles. The summed E-state index contributed by atoms with van der Waals surface area (Å²) in [6.07, 6.45) is -0.637. The second kappa shape index (κ2) is 12.5. The number of aryl methyl sites for hydroxylation is 1. The predicted octanol–water partition coefficient (Wildman–Crippen LogP) is 3.69. The van der Waals surface area contributed by atoms with Gasteiger partial charge < -0.3 is 19.5 Å². The summed E-state index contributed by atoms with van der Waals surface area (Å²) < 4.78 is 31.1. The minimum atomic E-state index is -0.879. The number of halogens is 1. The summed E-state index contributed by atoms with van der Waals surface area (Å²) in [5, 5.41) is 2.64. The lowest BCUT2D eigenvalue weighted by Crippen LogP contribution is -2.48. The van der Waals surface area contributed by atoms with Crippen LogP contribution in [-0.4, -0.2) is 57.8 Å². The van der Waals surface area contributed by atoms with E-state index in [1.54, 1.807) is 45.9 Å². The van der Waals surface area contributed by atoms with Crippen molar-refractivity contribution in [3.8, 4) is 5.75 Å². The summed E-state index contributed by atoms with van der Waals surface area (Å²) in [5.41, 5.74) is -0.644. The van der Waals surface area contributed by atoms with Gasteiger partial charge in [-0.25, -0.2) is 19.0 Å². The van der Waals surface area contributed by atoms with Crippen molar-refractivity contribution < 1.29 is 33.0 Å². The van der Waals surface area contributed by atoms with E-state index in [4.69, 9.17) is 14.2 Å². The van der Waals surface area contributed by atoms with Crippen LogP contribution >= 0.6 is 0 Å². The van der Waals surface area contributed by atoms with Crippen molar-refractivity contribution in [1.82, 2.24) is 19.8 Å². The van der Waals surface area contributed by atoms with E-state index < -0.39 is 52.4 Å². The summed E-state index contributed by atoms with van der Waals surface area (Å²) in [5.74, 6) is -2.63. The molecule has 1 aliphatic heterocycles. The largest absolute Gasteiger partial charge is 0.444 e. The Kier molecular flexibility index (Phi) is 9.05. The zero-order valence-corrected chi connectivity index (χ0v) is 24.1. The van der Waals surface area contributed by atoms with E-state index in [0.29, 0.717) is 11.1 Å². The highest BCUT2D eigenvalue weighted by Gasteiger charge is 2.36. The molecular weight excluding hydrogens is 547 g/mol. The molecule has 2 aromatic carbocycles. The number of esters is 1. The molecule has 222 valence electrons. The fourth-order valence-electron chi connectivity index (χ4n) is 4.32. The van der Waals surface area contributed by atoms with Gasteiger partial charge in [0.05, 0.1) is 18.8 Å². The number of ether oxygens (including phenoxy) is 3. The number of aromatic nitrogens is 2. The van der Waals surface area contributed by atoms with Gasteiger partial charge in [-0.3, -0.25) is 19.1 Å². The Labute approximate surface area is 242 Å². The molecule has 1 atom stereocenters. The van der Waals surface area contributed by atoms with Crippen LogP contribution in [0.25, 0.3) is 0 Å². The van der Waals surface area contributed by atoms with Gasteiger partial charge >= 0.3 is 12.1 Å². The second-order valence-corrected chi connectivity index (χ2v) is 10.8. The number of benzene rings is 2. The Hall–Kier alpha value is -4.58. The van der Waals surface area contributed by atoms with Crippen molar-refractivity contribution in [3.05, 3.63) is 92.9 Å². The third kappa shape index (κ3) is 7.00. The fourth-order valence-corrected chi connectivity index (χ4v) is 4.32. The molecule has 0 bridgehead atoms. The molecule has 1 aliphatic rings. The molecule has 0 radical (unpaired) electrons. The monoisotopic (exact) mass is 580 g/mol. The molecule has 42 heavy (non-hydrogen) atoms. The van der Waals surface area contributed by atoms with E-state index in [9.17, 15) is 23.6 Å². The molecule has 0 saturated carbocycles. The van der Waals surface area contributed by atoms with E-state index in [0.717, 1.165) is 4.57 Å². The van der Waals surface area contributed by atoms with E-state index >= 15 is 0 Å². The summed E-state index contributed by atoms with van der Waals surface area (Å²) in [6, 6.07) is 11.3. The van der Waals surface area contributed by atoms with Crippen LogP contribution < -0.4 is 15.6 Å². The summed E-state index contributed by atoms with van der Waals surface area (Å²) in [4.78, 5) is 59.1. The summed E-state index contributed by atoms with van der Waals surface area (Å²) in [6.45, 7) is 7.26. The van der Waals surface area contributed by atoms with Gasteiger partial charge in [0.1, 0.15) is 23.3 Å². The molecule has 0 aliphatic carbocycles. The van der Waals surface area contributed by atoms with Crippen LogP contribution in [0.2, 0.25) is 0 Å². The molecule has 1 fully saturated rings. The Morgan fingerprint density at radius 1 is 1.12 bits per heavy atom. The Morgan fingerprint density at radius 2 is 1.81 bits per heavy atom. The van der Waals surface area contributed by atoms with Crippen molar-refractivity contribution in [2.45, 2.75) is 45.9 Å². The molecule has 3 aromatic rings. The third-order valence-corrected chi connectivity index (χ3v) is 6.48. The SMILES string of the molecule is Cc1ccccc1C(=O)Oc1c(C(=O)NCc2ccc(F)cc2)nc(C2COCCN2C(=O)OC(C)(C)C)n(C)c1=O. The van der Waals surface area contributed by atoms with E-state index in [2.05, 4.69) is 10.3 Å². The zero-order chi connectivity index (χ0) is 30.6. The first-order valence-corrected chi connectivity index (χ1v) is 13.3. The average Bonchev–Trinajstić information content (AvgIpc) is 2.94. The summed E-state index contributed by atoms with van der Waals surface area (Å²) >= 11 is 0. The van der Waals surface area contributed by atoms with Gasteiger partial charge in [0, 0.05) is 20.1 Å². The smallest absolute Gasteiger partial charge is 0.411 e. The predicted molar refractivity (Wildman–Crippen MR) is 150 cm³/mol. The number of morpholine rings is 1. The first-order chi connectivity index (χ1) is 19.9. The molecule has 11 nitrogen and oxygen atoms in total. The minimum Gasteiger partial charge on any atom is -0.444 e. The topological polar surface area (TPSA) is 129 Å². The molecule has 1 aromatic heterocycles. The van der Waals surface area contributed by atoms with E-state index in [1.165, 1.54) is 42.3 Å². The normalized spacial score (nSPS) is 15.2. The maximum atomic E-state index is 13.7. The maximum absolute atomic E-state index is 13.7. The first-order valence-electron chi connectivity index (χ1n) is 13.3. The highest BCUT2D eigenvalue weighted by atomic mass is 19.1. The number of carbonyl (C=O) groups excluding carboxylic acids is 3. The van der Waals surface area contributed by atoms with E-state index in [1.807, 2.05) is 0 Å². The maximum Gasteiger partial charge on any atom is 0.411 e. The Balaban J connectivity index is 1.76. The van der Waals surface area contributed by atoms with Crippen LogP contribution in [-0.2, 0) is 23.1 Å². The van der Waals surface area contributed by atoms with Gasteiger partial charge in [-0.15, -0.1) is 0 Å². The molecule has 2 heterocycles. The quantitative estimate of drug-likeness (QED) is 0.437. The Morgan fingerprint density at radius 3 is 2.48 bits per heavy atom. The van der Waals surface area contributed by atoms with Crippen LogP contribution in [0.5, 0.6) is 5.75 Å². The Bertz CT molecular complexity index is 1550. The van der Waals surface area contributed by atoms with Gasteiger partial charge in [0.2, 0.25) is 5.75 Å². The van der Waals surface area contributed by atoms with Crippen molar-refractivity contribution in [2.24, 2.45) is 7.05 Å². The lowest BCUT2D eigenvalue weighted by atomic mass is 10.1. The number of amides is 2. The number of carbonyl (C=O) groups is 3. The van der Waals surface area contributed by atoms with E-state index in [-0.39, 0.29) is 37.7 Å². The van der Waals surface area contributed by atoms with Gasteiger partial charge in [0.25, 0.3) is 11.5 Å². The van der Waals surface area contributed by atoms with Crippen LogP contribution in [0.15, 0.2) is 53.3 Å². The lowest BCUT2D eigenvalue weighted by Gasteiger charge is -2.36. The fraction of sp³-hybridized carbons (Fsp3) is 0.367. The van der Waals surface area contributed by atoms with Crippen molar-refractivity contribution in [2.75, 3.05) is 19.8 Å². The third-order valence-electron chi connectivity index (χ3n) is 6.48. The highest BCUT2D eigenvalue weighted by Crippen LogP contribution is 2.26. The van der Waals surface area contributed by atoms with Crippen LogP contribution in [0.1, 0.15) is 64.6 Å². The van der Waals surface area contributed by atoms with Gasteiger partial charge in [0.15, 0.2) is 5.69 Å². The van der Waals surface area contributed by atoms with Crippen LogP contribution in [0.4, 0.5) is 9.18 Å². The number of hydrogen-bond donors (Lipinski definition) is 1. The summed E-state index contributed by atoms with van der Waals surface area (Å²) in [7, 11) is 1.40. The number of hydrogen-bond acceptors (Lipinski definition) is 8. The standard InChI is InChI=1S/C30H33FN4O7/c1-18-8-6-7-9-21(18)28(38)41-24-23(26(36)32-16-19-10-12-20(31)13-11-19)33-25(34(5)27(24)37)22-17-40-15-14-35(22)29(39)42-30(2,3)4/h6-13,22H,14-17H2,1-5H3,(H,32,36). The number of nitrogens with one attached hydrogen (secondary N) is 1. The molecule has 12 heteroatoms.